The molecule has 0 spiro atoms. The molecule has 5 N–H and O–H groups in total. The quantitative estimate of drug-likeness (QED) is 0.0784. The van der Waals surface area contributed by atoms with E-state index in [-0.39, 0.29) is 57.9 Å². The monoisotopic (exact) mass is 813 g/mol. The minimum Gasteiger partial charge on any atom is -0.494 e. The standard InChI is InChI=1S/C38H35N7O10S2/c1-44-35(22-32(40-44)24-10-5-3-6-11-24)56(51,52)42-30-17-15-26(20-28(30)37(47)48)39-34(46)14-9-19-55-27-16-18-31(29(21-27)38(49)50)43-57(53,54)36-23-33(41-45(36)2)25-12-7-4-8-13-25/h3-8,10-13,15-18,20-23,42-43H,9,14,19H2,1-2H3,(H,39,46)(H,47,48)(H,49,50). The zero-order valence-electron chi connectivity index (χ0n) is 30.3. The normalized spacial score (nSPS) is 11.5. The molecule has 57 heavy (non-hydrogen) atoms. The van der Waals surface area contributed by atoms with Gasteiger partial charge in [0.2, 0.25) is 5.91 Å². The Morgan fingerprint density at radius 3 is 1.61 bits per heavy atom. The van der Waals surface area contributed by atoms with Crippen LogP contribution in [0.3, 0.4) is 0 Å². The molecule has 2 aromatic heterocycles. The topological polar surface area (TPSA) is 241 Å². The molecule has 0 aliphatic carbocycles. The molecule has 4 aromatic carbocycles. The number of aromatic nitrogens is 4. The molecule has 6 rings (SSSR count). The Balaban J connectivity index is 1.05. The number of nitrogens with zero attached hydrogens (tertiary/aromatic N) is 4. The Bertz CT molecular complexity index is 2700. The van der Waals surface area contributed by atoms with Crippen LogP contribution in [0.25, 0.3) is 22.5 Å². The Kier molecular flexibility index (Phi) is 11.4. The number of rotatable bonds is 16. The number of ether oxygens (including phenoxy) is 1. The van der Waals surface area contributed by atoms with Crippen LogP contribution in [0.15, 0.2) is 119 Å². The summed E-state index contributed by atoms with van der Waals surface area (Å²) in [4.78, 5) is 36.9. The van der Waals surface area contributed by atoms with Crippen molar-refractivity contribution in [1.82, 2.24) is 19.6 Å². The number of carbonyl (C=O) groups is 3. The van der Waals surface area contributed by atoms with Crippen molar-refractivity contribution in [3.63, 3.8) is 0 Å². The molecule has 0 atom stereocenters. The number of aromatic carboxylic acids is 2. The van der Waals surface area contributed by atoms with Gasteiger partial charge in [0.05, 0.1) is 40.5 Å². The largest absolute Gasteiger partial charge is 0.494 e. The molecule has 0 unspecified atom stereocenters. The van der Waals surface area contributed by atoms with Gasteiger partial charge >= 0.3 is 11.9 Å². The van der Waals surface area contributed by atoms with E-state index in [0.717, 1.165) is 12.1 Å². The number of sulfonamides is 2. The number of carbonyl (C=O) groups excluding carboxylic acids is 1. The predicted molar refractivity (Wildman–Crippen MR) is 209 cm³/mol. The van der Waals surface area contributed by atoms with Crippen molar-refractivity contribution in [2.45, 2.75) is 22.9 Å². The van der Waals surface area contributed by atoms with Gasteiger partial charge in [0.25, 0.3) is 20.0 Å². The van der Waals surface area contributed by atoms with Gasteiger partial charge in [-0.05, 0) is 42.8 Å². The van der Waals surface area contributed by atoms with Crippen LogP contribution in [0.1, 0.15) is 33.6 Å². The summed E-state index contributed by atoms with van der Waals surface area (Å²) in [6.45, 7) is -0.0318. The highest BCUT2D eigenvalue weighted by atomic mass is 32.2. The zero-order chi connectivity index (χ0) is 40.9. The van der Waals surface area contributed by atoms with Gasteiger partial charge in [-0.1, -0.05) is 60.7 Å². The van der Waals surface area contributed by atoms with Gasteiger partial charge in [-0.3, -0.25) is 23.6 Å². The number of hydrogen-bond donors (Lipinski definition) is 5. The summed E-state index contributed by atoms with van der Waals surface area (Å²) in [5.41, 5.74) is 1.08. The second-order valence-electron chi connectivity index (χ2n) is 12.5. The summed E-state index contributed by atoms with van der Waals surface area (Å²) in [5, 5.41) is 30.4. The maximum absolute atomic E-state index is 13.3. The lowest BCUT2D eigenvalue weighted by molar-refractivity contribution is -0.116. The van der Waals surface area contributed by atoms with Crippen LogP contribution >= 0.6 is 0 Å². The van der Waals surface area contributed by atoms with Crippen molar-refractivity contribution in [3.8, 4) is 28.3 Å². The lowest BCUT2D eigenvalue weighted by atomic mass is 10.1. The summed E-state index contributed by atoms with van der Waals surface area (Å²) in [6.07, 6.45) is 0.0760. The first-order valence-corrected chi connectivity index (χ1v) is 20.0. The second-order valence-corrected chi connectivity index (χ2v) is 15.8. The molecule has 0 aliphatic rings. The Hall–Kier alpha value is -6.99. The summed E-state index contributed by atoms with van der Waals surface area (Å²) >= 11 is 0. The number of hydrogen-bond acceptors (Lipinski definition) is 10. The van der Waals surface area contributed by atoms with Crippen LogP contribution in [0.5, 0.6) is 5.75 Å². The number of amides is 1. The Morgan fingerprint density at radius 1 is 0.649 bits per heavy atom. The first-order chi connectivity index (χ1) is 27.1. The predicted octanol–water partition coefficient (Wildman–Crippen LogP) is 5.28. The average molecular weight is 814 g/mol. The number of carboxylic acid groups (broad SMARTS) is 2. The molecule has 6 aromatic rings. The van der Waals surface area contributed by atoms with Crippen LogP contribution in [-0.2, 0) is 38.9 Å². The number of carboxylic acids is 2. The smallest absolute Gasteiger partial charge is 0.337 e. The minimum absolute atomic E-state index is 0.0318. The van der Waals surface area contributed by atoms with Gasteiger partial charge in [-0.15, -0.1) is 0 Å². The lowest BCUT2D eigenvalue weighted by Crippen LogP contribution is -2.19. The third-order valence-electron chi connectivity index (χ3n) is 8.42. The van der Waals surface area contributed by atoms with Crippen molar-refractivity contribution < 1.29 is 46.2 Å². The fourth-order valence-electron chi connectivity index (χ4n) is 5.71. The van der Waals surface area contributed by atoms with Crippen LogP contribution in [0.4, 0.5) is 17.1 Å². The van der Waals surface area contributed by atoms with E-state index in [1.165, 1.54) is 59.9 Å². The first-order valence-electron chi connectivity index (χ1n) is 17.0. The van der Waals surface area contributed by atoms with Crippen molar-refractivity contribution in [2.24, 2.45) is 14.1 Å². The van der Waals surface area contributed by atoms with Crippen LogP contribution in [0.2, 0.25) is 0 Å². The lowest BCUT2D eigenvalue weighted by Gasteiger charge is -2.13. The van der Waals surface area contributed by atoms with E-state index in [0.29, 0.717) is 22.5 Å². The zero-order valence-corrected chi connectivity index (χ0v) is 31.9. The maximum atomic E-state index is 13.3. The van der Waals surface area contributed by atoms with Gasteiger partial charge in [0, 0.05) is 49.5 Å². The highest BCUT2D eigenvalue weighted by molar-refractivity contribution is 7.93. The van der Waals surface area contributed by atoms with Crippen LogP contribution in [-0.4, -0.2) is 71.1 Å². The van der Waals surface area contributed by atoms with Crippen LogP contribution in [0, 0.1) is 0 Å². The number of anilines is 3. The fourth-order valence-corrected chi connectivity index (χ4v) is 8.17. The van der Waals surface area contributed by atoms with Crippen molar-refractivity contribution in [2.75, 3.05) is 21.4 Å². The molecule has 0 bridgehead atoms. The SMILES string of the molecule is Cn1nc(-c2ccccc2)cc1S(=O)(=O)Nc1ccc(NC(=O)CCCOc2ccc(NS(=O)(=O)c3cc(-c4ccccc4)nn3C)c(C(=O)O)c2)cc1C(=O)O. The molecular weight excluding hydrogens is 779 g/mol. The van der Waals surface area contributed by atoms with Gasteiger partial charge in [-0.25, -0.2) is 9.59 Å². The van der Waals surface area contributed by atoms with Gasteiger partial charge < -0.3 is 20.3 Å². The minimum atomic E-state index is -4.28. The van der Waals surface area contributed by atoms with E-state index in [9.17, 15) is 41.4 Å². The van der Waals surface area contributed by atoms with E-state index >= 15 is 0 Å². The number of benzene rings is 4. The second kappa shape index (κ2) is 16.4. The molecule has 0 radical (unpaired) electrons. The van der Waals surface area contributed by atoms with E-state index in [1.807, 2.05) is 12.1 Å². The molecule has 19 heteroatoms. The van der Waals surface area contributed by atoms with Gasteiger partial charge in [-0.2, -0.15) is 27.0 Å². The van der Waals surface area contributed by atoms with E-state index in [2.05, 4.69) is 25.0 Å². The van der Waals surface area contributed by atoms with Crippen LogP contribution < -0.4 is 19.5 Å². The molecule has 1 amide bonds. The Labute approximate surface area is 326 Å². The molecule has 0 saturated heterocycles. The average Bonchev–Trinajstić information content (AvgIpc) is 3.78. The summed E-state index contributed by atoms with van der Waals surface area (Å²) < 4.78 is 65.7. The van der Waals surface area contributed by atoms with Gasteiger partial charge in [0.15, 0.2) is 10.1 Å². The molecule has 2 heterocycles. The van der Waals surface area contributed by atoms with E-state index < -0.39 is 43.5 Å². The first kappa shape index (κ1) is 39.7. The molecular formula is C38H35N7O10S2. The summed E-state index contributed by atoms with van der Waals surface area (Å²) in [5.74, 6) is -3.26. The number of aryl methyl sites for hydroxylation is 2. The maximum Gasteiger partial charge on any atom is 0.337 e. The molecule has 0 fully saturated rings. The van der Waals surface area contributed by atoms with Crippen molar-refractivity contribution in [3.05, 3.63) is 120 Å². The molecule has 17 nitrogen and oxygen atoms in total. The van der Waals surface area contributed by atoms with E-state index in [1.54, 1.807) is 48.5 Å². The highest BCUT2D eigenvalue weighted by Gasteiger charge is 2.25. The summed E-state index contributed by atoms with van der Waals surface area (Å²) in [7, 11) is -5.63. The molecule has 0 aliphatic heterocycles. The fraction of sp³-hybridized carbons (Fsp3) is 0.132. The third-order valence-corrected chi connectivity index (χ3v) is 11.3. The molecule has 0 saturated carbocycles. The van der Waals surface area contributed by atoms with Gasteiger partial charge in [0.1, 0.15) is 5.75 Å². The summed E-state index contributed by atoms with van der Waals surface area (Å²) in [6, 6.07) is 28.1. The third kappa shape index (κ3) is 9.28. The Morgan fingerprint density at radius 2 is 1.12 bits per heavy atom. The van der Waals surface area contributed by atoms with Crippen molar-refractivity contribution >= 4 is 55.0 Å². The van der Waals surface area contributed by atoms with E-state index in [4.69, 9.17) is 4.74 Å². The molecule has 294 valence electrons. The number of nitrogens with one attached hydrogen (secondary N) is 3. The van der Waals surface area contributed by atoms with Crippen molar-refractivity contribution in [1.29, 1.82) is 0 Å². The highest BCUT2D eigenvalue weighted by Crippen LogP contribution is 2.29.